The average Bonchev–Trinajstić information content (AvgIpc) is 2.62. The number of anilines is 1. The zero-order chi connectivity index (χ0) is 15.1. The summed E-state index contributed by atoms with van der Waals surface area (Å²) < 4.78 is 28.0. The minimum absolute atomic E-state index is 0.0242. The fraction of sp³-hybridized carbons (Fsp3) is 0.600. The first-order valence-electron chi connectivity index (χ1n) is 7.00. The smallest absolute Gasteiger partial charge is 0.241 e. The maximum Gasteiger partial charge on any atom is 0.241 e. The molecule has 0 amide bonds. The van der Waals surface area contributed by atoms with Gasteiger partial charge in [-0.15, -0.1) is 0 Å². The van der Waals surface area contributed by atoms with Crippen LogP contribution in [0.15, 0.2) is 17.0 Å². The Bertz CT molecular complexity index is 621. The van der Waals surface area contributed by atoms with Crippen molar-refractivity contribution in [2.75, 3.05) is 5.73 Å². The van der Waals surface area contributed by atoms with Crippen molar-refractivity contribution in [2.45, 2.75) is 57.9 Å². The summed E-state index contributed by atoms with van der Waals surface area (Å²) in [5, 5.41) is 0. The van der Waals surface area contributed by atoms with Gasteiger partial charge in [-0.25, -0.2) is 13.1 Å². The second-order valence-electron chi connectivity index (χ2n) is 6.70. The number of benzene rings is 1. The quantitative estimate of drug-likeness (QED) is 0.842. The maximum absolute atomic E-state index is 12.6. The molecule has 1 aliphatic rings. The number of hydrogen-bond donors (Lipinski definition) is 2. The molecule has 0 saturated heterocycles. The van der Waals surface area contributed by atoms with Gasteiger partial charge in [0.05, 0.1) is 4.90 Å². The van der Waals surface area contributed by atoms with E-state index in [0.717, 1.165) is 24.8 Å². The van der Waals surface area contributed by atoms with Crippen LogP contribution in [0.3, 0.4) is 0 Å². The molecule has 0 radical (unpaired) electrons. The van der Waals surface area contributed by atoms with E-state index in [1.165, 1.54) is 0 Å². The van der Waals surface area contributed by atoms with Crippen molar-refractivity contribution in [1.82, 2.24) is 4.72 Å². The van der Waals surface area contributed by atoms with Crippen LogP contribution in [0.5, 0.6) is 0 Å². The predicted molar refractivity (Wildman–Crippen MR) is 82.1 cm³/mol. The standard InChI is InChI=1S/C15H24N2O2S/c1-10-7-13(16)11(2)14(8-10)20(18,19)17-12-5-6-15(3,4)9-12/h7-8,12,17H,5-6,9,16H2,1-4H3. The monoisotopic (exact) mass is 296 g/mol. The molecule has 3 N–H and O–H groups in total. The highest BCUT2D eigenvalue weighted by atomic mass is 32.2. The highest BCUT2D eigenvalue weighted by molar-refractivity contribution is 7.89. The van der Waals surface area contributed by atoms with Gasteiger partial charge in [0, 0.05) is 11.7 Å². The summed E-state index contributed by atoms with van der Waals surface area (Å²) in [5.74, 6) is 0. The third-order valence-corrected chi connectivity index (χ3v) is 5.77. The Labute approximate surface area is 121 Å². The SMILES string of the molecule is Cc1cc(N)c(C)c(S(=O)(=O)NC2CCC(C)(C)C2)c1. The van der Waals surface area contributed by atoms with Crippen LogP contribution in [0.4, 0.5) is 5.69 Å². The second-order valence-corrected chi connectivity index (χ2v) is 8.38. The number of aryl methyl sites for hydroxylation is 1. The summed E-state index contributed by atoms with van der Waals surface area (Å²) in [5.41, 5.74) is 8.11. The molecule has 1 aliphatic carbocycles. The maximum atomic E-state index is 12.6. The number of rotatable bonds is 3. The van der Waals surface area contributed by atoms with Gasteiger partial charge in [0.1, 0.15) is 0 Å². The molecular weight excluding hydrogens is 272 g/mol. The van der Waals surface area contributed by atoms with Crippen LogP contribution in [0.2, 0.25) is 0 Å². The molecule has 1 aromatic carbocycles. The van der Waals surface area contributed by atoms with Crippen molar-refractivity contribution < 1.29 is 8.42 Å². The van der Waals surface area contributed by atoms with Gasteiger partial charge in [-0.2, -0.15) is 0 Å². The van der Waals surface area contributed by atoms with E-state index in [0.29, 0.717) is 16.1 Å². The van der Waals surface area contributed by atoms with Crippen LogP contribution in [0.25, 0.3) is 0 Å². The van der Waals surface area contributed by atoms with Gasteiger partial charge in [0.2, 0.25) is 10.0 Å². The van der Waals surface area contributed by atoms with Crippen molar-refractivity contribution in [1.29, 1.82) is 0 Å². The van der Waals surface area contributed by atoms with Gasteiger partial charge >= 0.3 is 0 Å². The Morgan fingerprint density at radius 1 is 1.30 bits per heavy atom. The van der Waals surface area contributed by atoms with Crippen LogP contribution >= 0.6 is 0 Å². The van der Waals surface area contributed by atoms with Gasteiger partial charge in [-0.05, 0) is 61.8 Å². The molecule has 0 bridgehead atoms. The van der Waals surface area contributed by atoms with E-state index in [1.807, 2.05) is 6.92 Å². The summed E-state index contributed by atoms with van der Waals surface area (Å²) >= 11 is 0. The molecule has 0 heterocycles. The zero-order valence-electron chi connectivity index (χ0n) is 12.7. The normalized spacial score (nSPS) is 22.1. The van der Waals surface area contributed by atoms with E-state index in [4.69, 9.17) is 5.73 Å². The molecule has 5 heteroatoms. The van der Waals surface area contributed by atoms with Crippen molar-refractivity contribution in [2.24, 2.45) is 5.41 Å². The first-order chi connectivity index (χ1) is 9.11. The van der Waals surface area contributed by atoms with Crippen molar-refractivity contribution >= 4 is 15.7 Å². The fourth-order valence-corrected chi connectivity index (χ4v) is 4.58. The van der Waals surface area contributed by atoms with E-state index in [9.17, 15) is 8.42 Å². The third-order valence-electron chi connectivity index (χ3n) is 4.12. The lowest BCUT2D eigenvalue weighted by atomic mass is 9.92. The molecule has 20 heavy (non-hydrogen) atoms. The van der Waals surface area contributed by atoms with E-state index < -0.39 is 10.0 Å². The van der Waals surface area contributed by atoms with Crippen molar-refractivity contribution in [3.8, 4) is 0 Å². The summed E-state index contributed by atoms with van der Waals surface area (Å²) in [6.45, 7) is 7.96. The molecule has 0 spiro atoms. The lowest BCUT2D eigenvalue weighted by Crippen LogP contribution is -2.34. The van der Waals surface area contributed by atoms with E-state index in [1.54, 1.807) is 19.1 Å². The van der Waals surface area contributed by atoms with Gasteiger partial charge in [-0.3, -0.25) is 0 Å². The van der Waals surface area contributed by atoms with Crippen LogP contribution in [0.1, 0.15) is 44.2 Å². The number of nitrogens with two attached hydrogens (primary N) is 1. The average molecular weight is 296 g/mol. The molecule has 1 atom stereocenters. The number of nitrogen functional groups attached to an aromatic ring is 1. The van der Waals surface area contributed by atoms with Crippen LogP contribution < -0.4 is 10.5 Å². The highest BCUT2D eigenvalue weighted by Crippen LogP contribution is 2.37. The minimum Gasteiger partial charge on any atom is -0.398 e. The Morgan fingerprint density at radius 2 is 1.95 bits per heavy atom. The van der Waals surface area contributed by atoms with E-state index >= 15 is 0 Å². The molecule has 1 saturated carbocycles. The van der Waals surface area contributed by atoms with E-state index in [-0.39, 0.29) is 11.5 Å². The first kappa shape index (κ1) is 15.3. The number of nitrogens with one attached hydrogen (secondary N) is 1. The van der Waals surface area contributed by atoms with Gasteiger partial charge in [0.25, 0.3) is 0 Å². The third kappa shape index (κ3) is 3.15. The van der Waals surface area contributed by atoms with Crippen molar-refractivity contribution in [3.63, 3.8) is 0 Å². The molecule has 2 rings (SSSR count). The number of sulfonamides is 1. The van der Waals surface area contributed by atoms with Gasteiger partial charge in [0.15, 0.2) is 0 Å². The molecule has 1 fully saturated rings. The minimum atomic E-state index is -3.50. The second kappa shape index (κ2) is 5.04. The molecule has 0 aromatic heterocycles. The Hall–Kier alpha value is -1.07. The molecule has 4 nitrogen and oxygen atoms in total. The van der Waals surface area contributed by atoms with Crippen LogP contribution in [-0.2, 0) is 10.0 Å². The summed E-state index contributed by atoms with van der Waals surface area (Å²) in [4.78, 5) is 0.305. The number of hydrogen-bond acceptors (Lipinski definition) is 3. The summed E-state index contributed by atoms with van der Waals surface area (Å²) in [6, 6.07) is 3.51. The Kier molecular flexibility index (Phi) is 3.86. The van der Waals surface area contributed by atoms with Gasteiger partial charge < -0.3 is 5.73 Å². The molecule has 1 unspecified atom stereocenters. The fourth-order valence-electron chi connectivity index (χ4n) is 2.95. The predicted octanol–water partition coefficient (Wildman–Crippen LogP) is 2.74. The first-order valence-corrected chi connectivity index (χ1v) is 8.48. The summed E-state index contributed by atoms with van der Waals surface area (Å²) in [6.07, 6.45) is 2.83. The Morgan fingerprint density at radius 3 is 2.50 bits per heavy atom. The van der Waals surface area contributed by atoms with Gasteiger partial charge in [-0.1, -0.05) is 13.8 Å². The Balaban J connectivity index is 2.28. The molecular formula is C15H24N2O2S. The largest absolute Gasteiger partial charge is 0.398 e. The zero-order valence-corrected chi connectivity index (χ0v) is 13.5. The van der Waals surface area contributed by atoms with E-state index in [2.05, 4.69) is 18.6 Å². The lowest BCUT2D eigenvalue weighted by Gasteiger charge is -2.19. The highest BCUT2D eigenvalue weighted by Gasteiger charge is 2.34. The summed E-state index contributed by atoms with van der Waals surface area (Å²) in [7, 11) is -3.50. The van der Waals surface area contributed by atoms with Crippen LogP contribution in [-0.4, -0.2) is 14.5 Å². The molecule has 1 aromatic rings. The lowest BCUT2D eigenvalue weighted by molar-refractivity contribution is 0.372. The van der Waals surface area contributed by atoms with Crippen LogP contribution in [0, 0.1) is 19.3 Å². The van der Waals surface area contributed by atoms with Crippen molar-refractivity contribution in [3.05, 3.63) is 23.3 Å². The topological polar surface area (TPSA) is 72.2 Å². The molecule has 0 aliphatic heterocycles. The molecule has 112 valence electrons.